The second-order valence-electron chi connectivity index (χ2n) is 6.31. The van der Waals surface area contributed by atoms with Gasteiger partial charge in [0.15, 0.2) is 0 Å². The van der Waals surface area contributed by atoms with Crippen LogP contribution in [0.1, 0.15) is 5.56 Å². The first kappa shape index (κ1) is 14.7. The summed E-state index contributed by atoms with van der Waals surface area (Å²) in [6, 6.07) is 8.56. The van der Waals surface area contributed by atoms with Crippen molar-refractivity contribution in [1.29, 1.82) is 0 Å². The fourth-order valence-electron chi connectivity index (χ4n) is 2.70. The third-order valence-corrected chi connectivity index (χ3v) is 8.80. The van der Waals surface area contributed by atoms with Crippen LogP contribution in [0.15, 0.2) is 24.3 Å². The number of para-hydroxylation sites is 1. The van der Waals surface area contributed by atoms with E-state index in [9.17, 15) is 0 Å². The Labute approximate surface area is 120 Å². The molecule has 0 aliphatic carbocycles. The molecule has 0 N–H and O–H groups in total. The van der Waals surface area contributed by atoms with Crippen molar-refractivity contribution < 1.29 is 4.84 Å². The van der Waals surface area contributed by atoms with E-state index in [0.717, 1.165) is 6.54 Å². The molecular weight excluding hydrogens is 343 g/mol. The van der Waals surface area contributed by atoms with Crippen LogP contribution in [0.3, 0.4) is 0 Å². The van der Waals surface area contributed by atoms with Gasteiger partial charge in [0, 0.05) is 0 Å². The third-order valence-electron chi connectivity index (χ3n) is 3.30. The normalized spacial score (nSPS) is 12.4. The number of benzene rings is 1. The standard InChI is InChI=1S/C12H15N2O.3CH3.Sn/c1-13(2)8-10-9-14(15-3)12-7-5-4-6-11(10)12;;;;/h4-7H,8H2,1-3H3;3*1H3;. The molecule has 1 heterocycles. The Bertz CT molecular complexity index is 582. The minimum atomic E-state index is -2.26. The molecule has 0 aliphatic rings. The van der Waals surface area contributed by atoms with Crippen molar-refractivity contribution in [3.05, 3.63) is 29.8 Å². The van der Waals surface area contributed by atoms with Gasteiger partial charge in [-0.15, -0.1) is 0 Å². The molecular formula is C15H24N2OSn. The van der Waals surface area contributed by atoms with E-state index in [4.69, 9.17) is 4.84 Å². The molecule has 1 aromatic carbocycles. The molecule has 0 aliphatic heterocycles. The molecule has 0 amide bonds. The van der Waals surface area contributed by atoms with E-state index in [0.29, 0.717) is 0 Å². The van der Waals surface area contributed by atoms with Gasteiger partial charge in [-0.1, -0.05) is 0 Å². The van der Waals surface area contributed by atoms with E-state index >= 15 is 0 Å². The van der Waals surface area contributed by atoms with Gasteiger partial charge in [0.25, 0.3) is 0 Å². The van der Waals surface area contributed by atoms with Crippen LogP contribution < -0.4 is 8.55 Å². The maximum atomic E-state index is 5.70. The van der Waals surface area contributed by atoms with E-state index in [1.165, 1.54) is 20.2 Å². The van der Waals surface area contributed by atoms with Crippen molar-refractivity contribution in [2.75, 3.05) is 21.2 Å². The molecule has 104 valence electrons. The molecule has 0 fully saturated rings. The summed E-state index contributed by atoms with van der Waals surface area (Å²) in [7, 11) is 6.02. The second kappa shape index (κ2) is 5.37. The zero-order chi connectivity index (χ0) is 14.2. The summed E-state index contributed by atoms with van der Waals surface area (Å²) < 4.78 is 3.54. The Kier molecular flexibility index (Phi) is 4.16. The van der Waals surface area contributed by atoms with Gasteiger partial charge in [-0.3, -0.25) is 0 Å². The summed E-state index contributed by atoms with van der Waals surface area (Å²) in [5, 5.41) is 1.33. The minimum absolute atomic E-state index is 0.973. The van der Waals surface area contributed by atoms with Gasteiger partial charge in [0.2, 0.25) is 0 Å². The summed E-state index contributed by atoms with van der Waals surface area (Å²) in [6.45, 7) is 0.973. The Hall–Kier alpha value is -0.681. The zero-order valence-electron chi connectivity index (χ0n) is 12.8. The SMILES string of the molecule is COn1[c]([Sn]([CH3])([CH3])[CH3])c(CN(C)C)c2ccccc21. The van der Waals surface area contributed by atoms with Crippen LogP contribution in [0.4, 0.5) is 0 Å². The fraction of sp³-hybridized carbons (Fsp3) is 0.467. The van der Waals surface area contributed by atoms with E-state index in [2.05, 4.69) is 62.8 Å². The monoisotopic (exact) mass is 368 g/mol. The van der Waals surface area contributed by atoms with Crippen LogP contribution >= 0.6 is 0 Å². The topological polar surface area (TPSA) is 17.4 Å². The van der Waals surface area contributed by atoms with E-state index in [-0.39, 0.29) is 0 Å². The Morgan fingerprint density at radius 1 is 1.16 bits per heavy atom. The molecule has 2 rings (SSSR count). The Morgan fingerprint density at radius 3 is 2.32 bits per heavy atom. The van der Waals surface area contributed by atoms with Gasteiger partial charge in [-0.05, 0) is 0 Å². The van der Waals surface area contributed by atoms with E-state index < -0.39 is 18.4 Å². The van der Waals surface area contributed by atoms with Crippen LogP contribution in [-0.4, -0.2) is 49.2 Å². The van der Waals surface area contributed by atoms with Gasteiger partial charge in [-0.2, -0.15) is 0 Å². The van der Waals surface area contributed by atoms with Gasteiger partial charge in [0.05, 0.1) is 0 Å². The number of rotatable bonds is 4. The summed E-state index contributed by atoms with van der Waals surface area (Å²) >= 11 is -2.26. The van der Waals surface area contributed by atoms with Gasteiger partial charge in [-0.25, -0.2) is 0 Å². The molecule has 0 spiro atoms. The van der Waals surface area contributed by atoms with Crippen molar-refractivity contribution in [3.8, 4) is 0 Å². The van der Waals surface area contributed by atoms with Gasteiger partial charge in [0.1, 0.15) is 0 Å². The maximum absolute atomic E-state index is 5.70. The fourth-order valence-corrected chi connectivity index (χ4v) is 8.24. The molecule has 0 atom stereocenters. The average Bonchev–Trinajstić information content (AvgIpc) is 2.62. The molecule has 0 saturated carbocycles. The zero-order valence-corrected chi connectivity index (χ0v) is 15.7. The molecule has 0 bridgehead atoms. The van der Waals surface area contributed by atoms with Crippen LogP contribution in [0.25, 0.3) is 10.9 Å². The number of aromatic nitrogens is 1. The van der Waals surface area contributed by atoms with Crippen LogP contribution in [0.5, 0.6) is 0 Å². The molecule has 1 aromatic heterocycles. The summed E-state index contributed by atoms with van der Waals surface area (Å²) in [4.78, 5) is 15.3. The quantitative estimate of drug-likeness (QED) is 0.772. The van der Waals surface area contributed by atoms with Crippen LogP contribution in [0.2, 0.25) is 14.8 Å². The van der Waals surface area contributed by atoms with Crippen molar-refractivity contribution in [1.82, 2.24) is 9.63 Å². The number of nitrogens with zero attached hydrogens (tertiary/aromatic N) is 2. The summed E-state index contributed by atoms with van der Waals surface area (Å²) in [5.41, 5.74) is 2.65. The first-order chi connectivity index (χ1) is 8.86. The van der Waals surface area contributed by atoms with Crippen molar-refractivity contribution >= 4 is 33.0 Å². The average molecular weight is 367 g/mol. The number of hydrogen-bond acceptors (Lipinski definition) is 2. The number of fused-ring (bicyclic) bond motifs is 1. The van der Waals surface area contributed by atoms with Crippen molar-refractivity contribution in [3.63, 3.8) is 0 Å². The van der Waals surface area contributed by atoms with Crippen LogP contribution in [-0.2, 0) is 6.54 Å². The van der Waals surface area contributed by atoms with E-state index in [1.807, 2.05) is 0 Å². The number of hydrogen-bond donors (Lipinski definition) is 0. The first-order valence-corrected chi connectivity index (χ1v) is 16.7. The molecule has 0 unspecified atom stereocenters. The van der Waals surface area contributed by atoms with Crippen molar-refractivity contribution in [2.24, 2.45) is 0 Å². The second-order valence-corrected chi connectivity index (χ2v) is 20.5. The first-order valence-electron chi connectivity index (χ1n) is 6.68. The summed E-state index contributed by atoms with van der Waals surface area (Å²) in [6.07, 6.45) is 0. The predicted octanol–water partition coefficient (Wildman–Crippen LogP) is 2.31. The molecule has 3 nitrogen and oxygen atoms in total. The molecule has 0 saturated heterocycles. The predicted molar refractivity (Wildman–Crippen MR) is 84.8 cm³/mol. The van der Waals surface area contributed by atoms with Crippen molar-refractivity contribution in [2.45, 2.75) is 21.4 Å². The third kappa shape index (κ3) is 2.77. The molecule has 0 radical (unpaired) electrons. The van der Waals surface area contributed by atoms with Gasteiger partial charge >= 0.3 is 120 Å². The molecule has 4 heteroatoms. The summed E-state index contributed by atoms with van der Waals surface area (Å²) in [5.74, 6) is 0. The molecule has 19 heavy (non-hydrogen) atoms. The van der Waals surface area contributed by atoms with Gasteiger partial charge < -0.3 is 0 Å². The van der Waals surface area contributed by atoms with Crippen LogP contribution in [0, 0.1) is 0 Å². The Morgan fingerprint density at radius 2 is 1.79 bits per heavy atom. The molecule has 2 aromatic rings. The van der Waals surface area contributed by atoms with E-state index in [1.54, 1.807) is 7.11 Å². The Balaban J connectivity index is 2.81.